The van der Waals surface area contributed by atoms with Crippen molar-refractivity contribution in [3.05, 3.63) is 71.8 Å². The molecule has 1 aliphatic carbocycles. The second kappa shape index (κ2) is 9.31. The molecular formula is C24H28F3N3O3S. The van der Waals surface area contributed by atoms with Crippen molar-refractivity contribution in [3.63, 3.8) is 0 Å². The highest BCUT2D eigenvalue weighted by Gasteiger charge is 2.61. The molecule has 2 aliphatic rings. The van der Waals surface area contributed by atoms with Crippen LogP contribution in [0.1, 0.15) is 49.7 Å². The maximum Gasteiger partial charge on any atom is 0.511 e. The summed E-state index contributed by atoms with van der Waals surface area (Å²) < 4.78 is 68.3. The van der Waals surface area contributed by atoms with Crippen LogP contribution < -0.4 is 15.4 Å². The molecule has 0 aromatic heterocycles. The maximum atomic E-state index is 13.7. The third-order valence-corrected chi connectivity index (χ3v) is 8.17. The van der Waals surface area contributed by atoms with Gasteiger partial charge in [0.15, 0.2) is 0 Å². The molecule has 2 fully saturated rings. The van der Waals surface area contributed by atoms with Crippen LogP contribution in [-0.4, -0.2) is 32.4 Å². The quantitative estimate of drug-likeness (QED) is 0.571. The molecule has 0 unspecified atom stereocenters. The topological polar surface area (TPSA) is 87.3 Å². The second-order valence-corrected chi connectivity index (χ2v) is 10.6. The van der Waals surface area contributed by atoms with E-state index < -0.39 is 32.7 Å². The molecular weight excluding hydrogens is 467 g/mol. The van der Waals surface area contributed by atoms with E-state index in [0.717, 1.165) is 6.42 Å². The summed E-state index contributed by atoms with van der Waals surface area (Å²) in [5.74, 6) is -0.352. The molecule has 34 heavy (non-hydrogen) atoms. The molecule has 4 rings (SSSR count). The molecule has 2 aromatic carbocycles. The van der Waals surface area contributed by atoms with Gasteiger partial charge in [0.05, 0.1) is 17.1 Å². The molecule has 0 spiro atoms. The van der Waals surface area contributed by atoms with Crippen molar-refractivity contribution in [1.29, 1.82) is 0 Å². The molecule has 1 amide bonds. The highest BCUT2D eigenvalue weighted by atomic mass is 32.2. The predicted octanol–water partition coefficient (Wildman–Crippen LogP) is 3.66. The molecule has 0 bridgehead atoms. The summed E-state index contributed by atoms with van der Waals surface area (Å²) >= 11 is 0. The van der Waals surface area contributed by atoms with E-state index in [1.807, 2.05) is 0 Å². The fourth-order valence-electron chi connectivity index (χ4n) is 5.37. The molecule has 0 radical (unpaired) electrons. The van der Waals surface area contributed by atoms with Gasteiger partial charge in [-0.3, -0.25) is 4.79 Å². The lowest BCUT2D eigenvalue weighted by atomic mass is 9.61. The lowest BCUT2D eigenvalue weighted by Crippen LogP contribution is -2.70. The molecule has 1 saturated carbocycles. The fraction of sp³-hybridized carbons (Fsp3) is 0.458. The Kier molecular flexibility index (Phi) is 6.76. The summed E-state index contributed by atoms with van der Waals surface area (Å²) in [5.41, 5.74) is -7.78. The van der Waals surface area contributed by atoms with Gasteiger partial charge in [0.25, 0.3) is 0 Å². The van der Waals surface area contributed by atoms with Gasteiger partial charge in [-0.25, -0.2) is 8.42 Å². The zero-order chi connectivity index (χ0) is 24.5. The number of halogens is 3. The van der Waals surface area contributed by atoms with Crippen LogP contribution in [0.5, 0.6) is 0 Å². The summed E-state index contributed by atoms with van der Waals surface area (Å²) in [6, 6.07) is 16.5. The summed E-state index contributed by atoms with van der Waals surface area (Å²) in [6.45, 7) is 0.668. The Bertz CT molecular complexity index is 1110. The highest BCUT2D eigenvalue weighted by Crippen LogP contribution is 2.52. The van der Waals surface area contributed by atoms with Crippen LogP contribution in [0.25, 0.3) is 0 Å². The van der Waals surface area contributed by atoms with E-state index in [0.29, 0.717) is 36.9 Å². The molecule has 6 nitrogen and oxygen atoms in total. The Labute approximate surface area is 197 Å². The number of hydrogen-bond acceptors (Lipinski definition) is 4. The van der Waals surface area contributed by atoms with Gasteiger partial charge in [-0.1, -0.05) is 73.5 Å². The normalized spacial score (nSPS) is 27.9. The van der Waals surface area contributed by atoms with Crippen LogP contribution in [-0.2, 0) is 25.9 Å². The van der Waals surface area contributed by atoms with Crippen LogP contribution in [0.15, 0.2) is 60.7 Å². The maximum absolute atomic E-state index is 13.7. The Morgan fingerprint density at radius 3 is 1.91 bits per heavy atom. The van der Waals surface area contributed by atoms with E-state index in [4.69, 9.17) is 0 Å². The standard InChI is InChI=1S/C24H28F3N3O3S/c25-24(26,27)34(32,33)30-23(19-12-5-2-6-13-19)16-8-7-15-22(23,18-10-3-1-4-11-18)29-21(31)20-14-9-17-28-20/h1-6,10-13,20,28,30H,7-9,14-17H2,(H,29,31)/t20-,22-,23+/m1/s1. The summed E-state index contributed by atoms with van der Waals surface area (Å²) in [6.07, 6.45) is 2.85. The molecule has 1 heterocycles. The van der Waals surface area contributed by atoms with Crippen molar-refractivity contribution >= 4 is 15.9 Å². The Hall–Kier alpha value is -2.43. The molecule has 10 heteroatoms. The summed E-state index contributed by atoms with van der Waals surface area (Å²) in [5, 5.41) is 6.18. The molecule has 1 aliphatic heterocycles. The van der Waals surface area contributed by atoms with Crippen molar-refractivity contribution in [3.8, 4) is 0 Å². The van der Waals surface area contributed by atoms with E-state index in [1.165, 1.54) is 0 Å². The fourth-order valence-corrected chi connectivity index (χ4v) is 6.33. The summed E-state index contributed by atoms with van der Waals surface area (Å²) in [4.78, 5) is 13.4. The van der Waals surface area contributed by atoms with Gasteiger partial charge in [-0.15, -0.1) is 0 Å². The van der Waals surface area contributed by atoms with Gasteiger partial charge in [0.1, 0.15) is 0 Å². The van der Waals surface area contributed by atoms with Crippen molar-refractivity contribution < 1.29 is 26.4 Å². The number of nitrogens with one attached hydrogen (secondary N) is 3. The third-order valence-electron chi connectivity index (χ3n) is 6.94. The zero-order valence-electron chi connectivity index (χ0n) is 18.6. The molecule has 3 N–H and O–H groups in total. The first-order valence-corrected chi connectivity index (χ1v) is 12.9. The predicted molar refractivity (Wildman–Crippen MR) is 122 cm³/mol. The minimum absolute atomic E-state index is 0.0829. The lowest BCUT2D eigenvalue weighted by Gasteiger charge is -2.55. The average molecular weight is 496 g/mol. The van der Waals surface area contributed by atoms with E-state index in [-0.39, 0.29) is 18.7 Å². The molecule has 2 aromatic rings. The Balaban J connectivity index is 1.96. The highest BCUT2D eigenvalue weighted by molar-refractivity contribution is 7.90. The molecule has 1 saturated heterocycles. The Morgan fingerprint density at radius 1 is 0.882 bits per heavy atom. The zero-order valence-corrected chi connectivity index (χ0v) is 19.4. The van der Waals surface area contributed by atoms with Crippen LogP contribution >= 0.6 is 0 Å². The van der Waals surface area contributed by atoms with E-state index in [1.54, 1.807) is 60.7 Å². The van der Waals surface area contributed by atoms with Gasteiger partial charge in [0.2, 0.25) is 5.91 Å². The SMILES string of the molecule is O=C(N[C@@]1(c2ccccc2)CCCC[C@]1(NS(=O)(=O)C(F)(F)F)c1ccccc1)[C@H]1CCCN1. The van der Waals surface area contributed by atoms with Crippen molar-refractivity contribution in [1.82, 2.24) is 15.4 Å². The van der Waals surface area contributed by atoms with Crippen molar-refractivity contribution in [2.24, 2.45) is 0 Å². The van der Waals surface area contributed by atoms with Crippen LogP contribution in [0.3, 0.4) is 0 Å². The van der Waals surface area contributed by atoms with E-state index in [9.17, 15) is 26.4 Å². The number of carbonyl (C=O) groups is 1. The molecule has 184 valence electrons. The number of carbonyl (C=O) groups excluding carboxylic acids is 1. The minimum atomic E-state index is -5.75. The number of rotatable bonds is 6. The lowest BCUT2D eigenvalue weighted by molar-refractivity contribution is -0.127. The second-order valence-electron chi connectivity index (χ2n) is 8.94. The van der Waals surface area contributed by atoms with Crippen LogP contribution in [0.4, 0.5) is 13.2 Å². The molecule has 3 atom stereocenters. The Morgan fingerprint density at radius 2 is 1.41 bits per heavy atom. The first-order valence-electron chi connectivity index (χ1n) is 11.4. The third kappa shape index (κ3) is 4.34. The number of sulfonamides is 1. The van der Waals surface area contributed by atoms with Gasteiger partial charge >= 0.3 is 15.5 Å². The van der Waals surface area contributed by atoms with Crippen LogP contribution in [0.2, 0.25) is 0 Å². The smallest absolute Gasteiger partial charge is 0.343 e. The minimum Gasteiger partial charge on any atom is -0.343 e. The largest absolute Gasteiger partial charge is 0.511 e. The number of alkyl halides is 3. The van der Waals surface area contributed by atoms with Gasteiger partial charge in [-0.2, -0.15) is 17.9 Å². The monoisotopic (exact) mass is 495 g/mol. The first-order chi connectivity index (χ1) is 16.1. The number of hydrogen-bond donors (Lipinski definition) is 3. The van der Waals surface area contributed by atoms with Crippen molar-refractivity contribution in [2.45, 2.75) is 61.2 Å². The van der Waals surface area contributed by atoms with E-state index >= 15 is 0 Å². The van der Waals surface area contributed by atoms with Gasteiger partial charge in [-0.05, 0) is 43.4 Å². The van der Waals surface area contributed by atoms with Gasteiger partial charge in [0, 0.05) is 0 Å². The average Bonchev–Trinajstić information content (AvgIpc) is 3.36. The van der Waals surface area contributed by atoms with E-state index in [2.05, 4.69) is 15.4 Å². The number of amides is 1. The van der Waals surface area contributed by atoms with Crippen LogP contribution in [0, 0.1) is 0 Å². The van der Waals surface area contributed by atoms with Crippen molar-refractivity contribution in [2.75, 3.05) is 6.54 Å². The van der Waals surface area contributed by atoms with Gasteiger partial charge < -0.3 is 10.6 Å². The first kappa shape index (κ1) is 24.7. The number of benzene rings is 2. The summed E-state index contributed by atoms with van der Waals surface area (Å²) in [7, 11) is -5.75.